The van der Waals surface area contributed by atoms with Gasteiger partial charge in [0.05, 0.1) is 0 Å². The quantitative estimate of drug-likeness (QED) is 0.817. The van der Waals surface area contributed by atoms with Gasteiger partial charge in [0.15, 0.2) is 0 Å². The van der Waals surface area contributed by atoms with Crippen LogP contribution in [-0.4, -0.2) is 30.4 Å². The zero-order valence-corrected chi connectivity index (χ0v) is 13.9. The van der Waals surface area contributed by atoms with Crippen LogP contribution in [0.1, 0.15) is 37.7 Å². The molecule has 1 saturated heterocycles. The van der Waals surface area contributed by atoms with E-state index in [1.807, 2.05) is 0 Å². The summed E-state index contributed by atoms with van der Waals surface area (Å²) >= 11 is 0. The van der Waals surface area contributed by atoms with Gasteiger partial charge in [-0.3, -0.25) is 9.69 Å². The maximum absolute atomic E-state index is 12.1. The molecule has 1 N–H and O–H groups in total. The molecule has 3 rings (SSSR count). The third-order valence-electron chi connectivity index (χ3n) is 5.00. The highest BCUT2D eigenvalue weighted by atomic mass is 16.1. The molecule has 1 aliphatic carbocycles. The summed E-state index contributed by atoms with van der Waals surface area (Å²) in [7, 11) is 0. The molecule has 0 unspecified atom stereocenters. The number of carbonyl (C=O) groups is 1. The first-order valence-corrected chi connectivity index (χ1v) is 8.99. The van der Waals surface area contributed by atoms with Crippen LogP contribution in [0.15, 0.2) is 42.5 Å². The van der Waals surface area contributed by atoms with Gasteiger partial charge in [-0.1, -0.05) is 42.5 Å². The van der Waals surface area contributed by atoms with Crippen LogP contribution in [0.5, 0.6) is 0 Å². The molecule has 1 aromatic rings. The molecule has 23 heavy (non-hydrogen) atoms. The Labute approximate surface area is 139 Å². The molecule has 0 saturated carbocycles. The van der Waals surface area contributed by atoms with Crippen LogP contribution >= 0.6 is 0 Å². The van der Waals surface area contributed by atoms with Crippen LogP contribution in [0.25, 0.3) is 0 Å². The Morgan fingerprint density at radius 1 is 1.22 bits per heavy atom. The molecule has 0 bridgehead atoms. The third-order valence-corrected chi connectivity index (χ3v) is 5.00. The standard InChI is InChI=1S/C20H28N2O/c23-20(13-17-7-4-5-8-17)21-14-19-11-6-12-22(16-19)15-18-9-2-1-3-10-18/h1-4,7,9-10,17,19H,5-6,8,11-16H2,(H,21,23)/t17-,19-/m1/s1. The average Bonchev–Trinajstić information content (AvgIpc) is 3.07. The minimum Gasteiger partial charge on any atom is -0.356 e. The normalized spacial score (nSPS) is 24.7. The lowest BCUT2D eigenvalue weighted by atomic mass is 9.97. The van der Waals surface area contributed by atoms with Crippen molar-refractivity contribution < 1.29 is 4.79 Å². The van der Waals surface area contributed by atoms with Gasteiger partial charge in [0.2, 0.25) is 5.91 Å². The number of nitrogens with zero attached hydrogens (tertiary/aromatic N) is 1. The zero-order chi connectivity index (χ0) is 15.9. The minimum absolute atomic E-state index is 0.224. The van der Waals surface area contributed by atoms with Crippen LogP contribution in [0, 0.1) is 11.8 Å². The fraction of sp³-hybridized carbons (Fsp3) is 0.550. The van der Waals surface area contributed by atoms with Crippen molar-refractivity contribution in [2.24, 2.45) is 11.8 Å². The molecule has 1 heterocycles. The maximum Gasteiger partial charge on any atom is 0.220 e. The van der Waals surface area contributed by atoms with Crippen LogP contribution < -0.4 is 5.32 Å². The molecule has 3 nitrogen and oxygen atoms in total. The molecule has 2 atom stereocenters. The maximum atomic E-state index is 12.1. The summed E-state index contributed by atoms with van der Waals surface area (Å²) in [5.74, 6) is 1.29. The third kappa shape index (κ3) is 5.21. The molecular weight excluding hydrogens is 284 g/mol. The molecule has 124 valence electrons. The lowest BCUT2D eigenvalue weighted by Gasteiger charge is -2.33. The van der Waals surface area contributed by atoms with Gasteiger partial charge in [-0.2, -0.15) is 0 Å². The highest BCUT2D eigenvalue weighted by Crippen LogP contribution is 2.21. The Morgan fingerprint density at radius 2 is 2.09 bits per heavy atom. The van der Waals surface area contributed by atoms with Gasteiger partial charge in [0.25, 0.3) is 0 Å². The van der Waals surface area contributed by atoms with E-state index in [4.69, 9.17) is 0 Å². The minimum atomic E-state index is 0.224. The van der Waals surface area contributed by atoms with Crippen LogP contribution in [0.3, 0.4) is 0 Å². The Hall–Kier alpha value is -1.61. The van der Waals surface area contributed by atoms with Crippen LogP contribution in [0.4, 0.5) is 0 Å². The first kappa shape index (κ1) is 16.3. The van der Waals surface area contributed by atoms with E-state index in [2.05, 4.69) is 52.7 Å². The highest BCUT2D eigenvalue weighted by Gasteiger charge is 2.21. The largest absolute Gasteiger partial charge is 0.356 e. The van der Waals surface area contributed by atoms with E-state index >= 15 is 0 Å². The number of allylic oxidation sites excluding steroid dienone is 2. The Morgan fingerprint density at radius 3 is 2.87 bits per heavy atom. The molecule has 2 aliphatic rings. The highest BCUT2D eigenvalue weighted by molar-refractivity contribution is 5.76. The number of carbonyl (C=O) groups excluding carboxylic acids is 1. The van der Waals surface area contributed by atoms with Crippen molar-refractivity contribution in [3.63, 3.8) is 0 Å². The number of likely N-dealkylation sites (tertiary alicyclic amines) is 1. The molecule has 1 fully saturated rings. The summed E-state index contributed by atoms with van der Waals surface area (Å²) in [6.07, 6.45) is 9.80. The van der Waals surface area contributed by atoms with Gasteiger partial charge in [-0.05, 0) is 49.6 Å². The Kier molecular flexibility index (Phi) is 5.87. The van der Waals surface area contributed by atoms with E-state index in [0.717, 1.165) is 32.5 Å². The van der Waals surface area contributed by atoms with Crippen molar-refractivity contribution in [2.75, 3.05) is 19.6 Å². The molecular formula is C20H28N2O. The monoisotopic (exact) mass is 312 g/mol. The topological polar surface area (TPSA) is 32.3 Å². The van der Waals surface area contributed by atoms with Gasteiger partial charge < -0.3 is 5.32 Å². The van der Waals surface area contributed by atoms with E-state index in [1.165, 1.54) is 24.9 Å². The lowest BCUT2D eigenvalue weighted by Crippen LogP contribution is -2.40. The van der Waals surface area contributed by atoms with Gasteiger partial charge in [0.1, 0.15) is 0 Å². The summed E-state index contributed by atoms with van der Waals surface area (Å²) < 4.78 is 0. The fourth-order valence-electron chi connectivity index (χ4n) is 3.74. The predicted molar refractivity (Wildman–Crippen MR) is 93.9 cm³/mol. The van der Waals surface area contributed by atoms with Crippen molar-refractivity contribution >= 4 is 5.91 Å². The number of nitrogens with one attached hydrogen (secondary N) is 1. The summed E-state index contributed by atoms with van der Waals surface area (Å²) in [5, 5.41) is 3.16. The van der Waals surface area contributed by atoms with Crippen LogP contribution in [-0.2, 0) is 11.3 Å². The second-order valence-corrected chi connectivity index (χ2v) is 7.00. The van der Waals surface area contributed by atoms with Gasteiger partial charge in [0, 0.05) is 26.1 Å². The number of hydrogen-bond acceptors (Lipinski definition) is 2. The van der Waals surface area contributed by atoms with Crippen molar-refractivity contribution in [2.45, 2.75) is 38.6 Å². The van der Waals surface area contributed by atoms with Gasteiger partial charge in [-0.15, -0.1) is 0 Å². The second kappa shape index (κ2) is 8.30. The van der Waals surface area contributed by atoms with Gasteiger partial charge >= 0.3 is 0 Å². The number of hydrogen-bond donors (Lipinski definition) is 1. The Balaban J connectivity index is 1.39. The summed E-state index contributed by atoms with van der Waals surface area (Å²) in [5.41, 5.74) is 1.38. The number of amides is 1. The van der Waals surface area contributed by atoms with E-state index in [-0.39, 0.29) is 5.91 Å². The fourth-order valence-corrected chi connectivity index (χ4v) is 3.74. The first-order valence-electron chi connectivity index (χ1n) is 8.99. The second-order valence-electron chi connectivity index (χ2n) is 7.00. The SMILES string of the molecule is O=C(C[C@@H]1C=CCC1)NC[C@H]1CCCN(Cc2ccccc2)C1. The number of rotatable bonds is 6. The van der Waals surface area contributed by atoms with E-state index in [9.17, 15) is 4.79 Å². The molecule has 1 aliphatic heterocycles. The summed E-state index contributed by atoms with van der Waals surface area (Å²) in [6.45, 7) is 4.13. The molecule has 1 amide bonds. The van der Waals surface area contributed by atoms with Crippen LogP contribution in [0.2, 0.25) is 0 Å². The first-order chi connectivity index (χ1) is 11.3. The van der Waals surface area contributed by atoms with Gasteiger partial charge in [-0.25, -0.2) is 0 Å². The predicted octanol–water partition coefficient (Wildman–Crippen LogP) is 3.37. The average molecular weight is 312 g/mol. The molecule has 0 radical (unpaired) electrons. The van der Waals surface area contributed by atoms with Crippen molar-refractivity contribution in [3.8, 4) is 0 Å². The summed E-state index contributed by atoms with van der Waals surface area (Å²) in [6, 6.07) is 10.7. The van der Waals surface area contributed by atoms with E-state index in [1.54, 1.807) is 0 Å². The van der Waals surface area contributed by atoms with Crippen molar-refractivity contribution in [1.29, 1.82) is 0 Å². The van der Waals surface area contributed by atoms with E-state index < -0.39 is 0 Å². The lowest BCUT2D eigenvalue weighted by molar-refractivity contribution is -0.122. The Bertz CT molecular complexity index is 526. The summed E-state index contributed by atoms with van der Waals surface area (Å²) in [4.78, 5) is 14.6. The number of benzene rings is 1. The molecule has 0 spiro atoms. The smallest absolute Gasteiger partial charge is 0.220 e. The van der Waals surface area contributed by atoms with Crippen molar-refractivity contribution in [3.05, 3.63) is 48.0 Å². The van der Waals surface area contributed by atoms with E-state index in [0.29, 0.717) is 18.3 Å². The zero-order valence-electron chi connectivity index (χ0n) is 13.9. The number of piperidine rings is 1. The molecule has 0 aromatic heterocycles. The van der Waals surface area contributed by atoms with Crippen molar-refractivity contribution in [1.82, 2.24) is 10.2 Å². The molecule has 1 aromatic carbocycles. The molecule has 3 heteroatoms.